The second-order valence-corrected chi connectivity index (χ2v) is 8.18. The quantitative estimate of drug-likeness (QED) is 0.893. The maximum absolute atomic E-state index is 13.4. The van der Waals surface area contributed by atoms with Gasteiger partial charge < -0.3 is 4.98 Å². The van der Waals surface area contributed by atoms with Crippen molar-refractivity contribution in [3.8, 4) is 0 Å². The molecule has 0 aliphatic carbocycles. The molecule has 1 aromatic heterocycles. The van der Waals surface area contributed by atoms with Gasteiger partial charge in [0, 0.05) is 10.9 Å². The number of rotatable bonds is 4. The minimum Gasteiger partial charge on any atom is -0.322 e. The van der Waals surface area contributed by atoms with Crippen LogP contribution in [0.1, 0.15) is 38.7 Å². The van der Waals surface area contributed by atoms with Crippen molar-refractivity contribution >= 4 is 33.5 Å². The van der Waals surface area contributed by atoms with Crippen LogP contribution in [-0.2, 0) is 11.0 Å². The summed E-state index contributed by atoms with van der Waals surface area (Å²) >= 11 is 5.78. The molecule has 0 amide bonds. The highest BCUT2D eigenvalue weighted by Crippen LogP contribution is 2.29. The van der Waals surface area contributed by atoms with Crippen LogP contribution in [0.2, 0.25) is 5.02 Å². The molecule has 4 nitrogen and oxygen atoms in total. The van der Waals surface area contributed by atoms with E-state index in [0.29, 0.717) is 22.9 Å². The third-order valence-electron chi connectivity index (χ3n) is 3.79. The molecule has 2 atom stereocenters. The van der Waals surface area contributed by atoms with E-state index < -0.39 is 21.5 Å². The zero-order valence-electron chi connectivity index (χ0n) is 12.6. The van der Waals surface area contributed by atoms with Gasteiger partial charge in [0.1, 0.15) is 5.82 Å². The summed E-state index contributed by atoms with van der Waals surface area (Å²) in [4.78, 5) is 14.9. The van der Waals surface area contributed by atoms with Crippen LogP contribution >= 0.6 is 11.6 Å². The highest BCUT2D eigenvalue weighted by Gasteiger charge is 2.27. The van der Waals surface area contributed by atoms with Crippen LogP contribution in [0, 0.1) is 5.82 Å². The number of aromatic amines is 1. The molecular weight excluding hydrogens is 327 g/mol. The van der Waals surface area contributed by atoms with E-state index in [-0.39, 0.29) is 16.5 Å². The van der Waals surface area contributed by atoms with Crippen molar-refractivity contribution in [2.45, 2.75) is 37.9 Å². The number of fused-ring (bicyclic) bond motifs is 1. The topological polar surface area (TPSA) is 76.0 Å². The van der Waals surface area contributed by atoms with Gasteiger partial charge in [0.25, 0.3) is 5.56 Å². The molecule has 2 aromatic rings. The first-order valence-corrected chi connectivity index (χ1v) is 8.39. The number of benzene rings is 1. The molecule has 1 aromatic carbocycles. The number of aromatic nitrogens is 1. The van der Waals surface area contributed by atoms with Gasteiger partial charge in [-0.25, -0.2) is 8.60 Å². The smallest absolute Gasteiger partial charge is 0.251 e. The molecule has 0 fully saturated rings. The van der Waals surface area contributed by atoms with E-state index in [4.69, 9.17) is 16.7 Å². The van der Waals surface area contributed by atoms with Crippen molar-refractivity contribution < 1.29 is 8.60 Å². The van der Waals surface area contributed by atoms with Gasteiger partial charge in [-0.15, -0.1) is 0 Å². The van der Waals surface area contributed by atoms with Crippen molar-refractivity contribution in [2.75, 3.05) is 0 Å². The molecule has 2 rings (SSSR count). The number of hydrogen-bond donors (Lipinski definition) is 2. The van der Waals surface area contributed by atoms with Gasteiger partial charge in [-0.1, -0.05) is 18.5 Å². The molecule has 0 spiro atoms. The molecule has 120 valence electrons. The summed E-state index contributed by atoms with van der Waals surface area (Å²) in [6.45, 7) is 5.46. The van der Waals surface area contributed by atoms with Gasteiger partial charge in [-0.2, -0.15) is 0 Å². The summed E-state index contributed by atoms with van der Waals surface area (Å²) in [5, 5.41) is 6.14. The van der Waals surface area contributed by atoms with E-state index in [9.17, 15) is 13.4 Å². The summed E-state index contributed by atoms with van der Waals surface area (Å²) < 4.78 is 24.4. The lowest BCUT2D eigenvalue weighted by molar-refractivity contribution is 0.538. The van der Waals surface area contributed by atoms with Crippen molar-refractivity contribution in [3.05, 3.63) is 45.0 Å². The average molecular weight is 345 g/mol. The monoisotopic (exact) mass is 344 g/mol. The van der Waals surface area contributed by atoms with Gasteiger partial charge in [0.05, 0.1) is 26.3 Å². The molecule has 0 bridgehead atoms. The number of nitrogens with one attached hydrogen (secondary N) is 1. The summed E-state index contributed by atoms with van der Waals surface area (Å²) in [7, 11) is -1.49. The van der Waals surface area contributed by atoms with Gasteiger partial charge in [0.15, 0.2) is 0 Å². The first-order chi connectivity index (χ1) is 10.1. The Morgan fingerprint density at radius 2 is 2.05 bits per heavy atom. The lowest BCUT2D eigenvalue weighted by atomic mass is 9.91. The Labute approximate surface area is 135 Å². The Bertz CT molecular complexity index is 804. The largest absolute Gasteiger partial charge is 0.322 e. The summed E-state index contributed by atoms with van der Waals surface area (Å²) in [5.74, 6) is -0.732. The highest BCUT2D eigenvalue weighted by atomic mass is 35.5. The minimum absolute atomic E-state index is 0.00143. The van der Waals surface area contributed by atoms with E-state index in [0.717, 1.165) is 0 Å². The Morgan fingerprint density at radius 3 is 2.64 bits per heavy atom. The van der Waals surface area contributed by atoms with E-state index in [2.05, 4.69) is 4.98 Å². The SMILES string of the molecule is C[C@H](CC(C)(C)S(N)=O)c1cc2cc(Cl)c(F)cc2[nH]c1=O. The molecular formula is C15H18ClFN2O2S. The molecule has 0 aliphatic rings. The fourth-order valence-electron chi connectivity index (χ4n) is 2.51. The van der Waals surface area contributed by atoms with Gasteiger partial charge in [0.2, 0.25) is 0 Å². The molecule has 3 N–H and O–H groups in total. The zero-order valence-corrected chi connectivity index (χ0v) is 14.1. The second kappa shape index (κ2) is 6.10. The van der Waals surface area contributed by atoms with Gasteiger partial charge >= 0.3 is 0 Å². The summed E-state index contributed by atoms with van der Waals surface area (Å²) in [6, 6.07) is 4.37. The van der Waals surface area contributed by atoms with Crippen LogP contribution in [-0.4, -0.2) is 13.9 Å². The van der Waals surface area contributed by atoms with Crippen LogP contribution in [0.3, 0.4) is 0 Å². The first-order valence-electron chi connectivity index (χ1n) is 6.80. The average Bonchev–Trinajstić information content (AvgIpc) is 2.39. The number of halogens is 2. The van der Waals surface area contributed by atoms with E-state index in [1.807, 2.05) is 6.92 Å². The Balaban J connectivity index is 2.47. The normalized spacial score (nSPS) is 15.0. The Morgan fingerprint density at radius 1 is 1.41 bits per heavy atom. The number of nitrogens with two attached hydrogens (primary N) is 1. The lowest BCUT2D eigenvalue weighted by Gasteiger charge is -2.25. The van der Waals surface area contributed by atoms with Gasteiger partial charge in [-0.05, 0) is 44.4 Å². The fraction of sp³-hybridized carbons (Fsp3) is 0.400. The highest BCUT2D eigenvalue weighted by molar-refractivity contribution is 7.84. The van der Waals surface area contributed by atoms with Crippen molar-refractivity contribution in [3.63, 3.8) is 0 Å². The fourth-order valence-corrected chi connectivity index (χ4v) is 3.10. The number of H-pyrrole nitrogens is 1. The van der Waals surface area contributed by atoms with Gasteiger partial charge in [-0.3, -0.25) is 9.93 Å². The Kier molecular flexibility index (Phi) is 4.75. The predicted molar refractivity (Wildman–Crippen MR) is 89.0 cm³/mol. The number of pyridine rings is 1. The summed E-state index contributed by atoms with van der Waals surface area (Å²) in [6.07, 6.45) is 0.486. The lowest BCUT2D eigenvalue weighted by Crippen LogP contribution is -2.34. The van der Waals surface area contributed by atoms with E-state index in [1.54, 1.807) is 19.9 Å². The molecule has 0 saturated carbocycles. The molecule has 0 saturated heterocycles. The molecule has 0 aliphatic heterocycles. The van der Waals surface area contributed by atoms with Crippen LogP contribution < -0.4 is 10.7 Å². The second-order valence-electron chi connectivity index (χ2n) is 6.07. The van der Waals surface area contributed by atoms with E-state index in [1.165, 1.54) is 12.1 Å². The molecule has 1 unspecified atom stereocenters. The predicted octanol–water partition coefficient (Wildman–Crippen LogP) is 3.22. The third kappa shape index (κ3) is 3.39. The number of hydrogen-bond acceptors (Lipinski definition) is 2. The zero-order chi connectivity index (χ0) is 16.7. The first kappa shape index (κ1) is 17.1. The van der Waals surface area contributed by atoms with Crippen LogP contribution in [0.5, 0.6) is 0 Å². The maximum Gasteiger partial charge on any atom is 0.251 e. The van der Waals surface area contributed by atoms with Crippen LogP contribution in [0.4, 0.5) is 4.39 Å². The molecule has 0 radical (unpaired) electrons. The van der Waals surface area contributed by atoms with Crippen LogP contribution in [0.15, 0.2) is 23.0 Å². The standard InChI is InChI=1S/C15H18ClFN2O2S/c1-8(7-15(2,3)22(18)21)10-4-9-5-11(16)12(17)6-13(9)19-14(10)20/h4-6,8H,7,18H2,1-3H3,(H,19,20)/t8-,22?/m1/s1. The maximum atomic E-state index is 13.4. The third-order valence-corrected chi connectivity index (χ3v) is 5.33. The summed E-state index contributed by atoms with van der Waals surface area (Å²) in [5.41, 5.74) is 0.638. The van der Waals surface area contributed by atoms with Crippen LogP contribution in [0.25, 0.3) is 10.9 Å². The minimum atomic E-state index is -1.49. The van der Waals surface area contributed by atoms with Crippen molar-refractivity contribution in [1.29, 1.82) is 0 Å². The van der Waals surface area contributed by atoms with E-state index >= 15 is 0 Å². The molecule has 7 heteroatoms. The molecule has 22 heavy (non-hydrogen) atoms. The van der Waals surface area contributed by atoms with Crippen molar-refractivity contribution in [2.24, 2.45) is 5.14 Å². The molecule has 1 heterocycles. The van der Waals surface area contributed by atoms with Crippen molar-refractivity contribution in [1.82, 2.24) is 4.98 Å². The Hall–Kier alpha value is -1.24.